The van der Waals surface area contributed by atoms with Crippen molar-refractivity contribution >= 4 is 23.0 Å². The highest BCUT2D eigenvalue weighted by molar-refractivity contribution is 7.80. The second-order valence-electron chi connectivity index (χ2n) is 5.39. The number of anilines is 1. The van der Waals surface area contributed by atoms with Crippen molar-refractivity contribution in [1.29, 1.82) is 0 Å². The number of imidazole rings is 1. The summed E-state index contributed by atoms with van der Waals surface area (Å²) in [6, 6.07) is 5.60. The van der Waals surface area contributed by atoms with E-state index in [1.165, 1.54) is 5.69 Å². The topological polar surface area (TPSA) is 60.3 Å². The number of nitrogens with zero attached hydrogens (tertiary/aromatic N) is 2. The number of hydrogen-bond acceptors (Lipinski definition) is 4. The molecule has 0 amide bonds. The van der Waals surface area contributed by atoms with E-state index >= 15 is 0 Å². The number of ether oxygens (including phenoxy) is 2. The van der Waals surface area contributed by atoms with Gasteiger partial charge in [0.05, 0.1) is 20.5 Å². The lowest BCUT2D eigenvalue weighted by molar-refractivity contribution is 0.355. The van der Waals surface area contributed by atoms with Gasteiger partial charge in [0.1, 0.15) is 0 Å². The third-order valence-electron chi connectivity index (χ3n) is 3.67. The normalized spacial score (nSPS) is 10.3. The molecular formula is C17H24N4O2S. The molecule has 0 aliphatic carbocycles. The van der Waals surface area contributed by atoms with Crippen molar-refractivity contribution in [3.8, 4) is 11.5 Å². The first-order chi connectivity index (χ1) is 11.6. The second kappa shape index (κ2) is 9.12. The van der Waals surface area contributed by atoms with E-state index in [-0.39, 0.29) is 0 Å². The molecule has 0 saturated heterocycles. The largest absolute Gasteiger partial charge is 0.493 e. The fraction of sp³-hybridized carbons (Fsp3) is 0.412. The highest BCUT2D eigenvalue weighted by Crippen LogP contribution is 2.29. The molecule has 2 aromatic rings. The number of aromatic nitrogens is 2. The van der Waals surface area contributed by atoms with Gasteiger partial charge < -0.3 is 24.7 Å². The monoisotopic (exact) mass is 348 g/mol. The van der Waals surface area contributed by atoms with Crippen LogP contribution in [0.25, 0.3) is 0 Å². The highest BCUT2D eigenvalue weighted by Gasteiger charge is 2.05. The van der Waals surface area contributed by atoms with E-state index in [1.54, 1.807) is 14.2 Å². The molecule has 1 heterocycles. The Kier molecular flexibility index (Phi) is 6.87. The van der Waals surface area contributed by atoms with E-state index in [1.807, 2.05) is 30.7 Å². The number of benzene rings is 1. The van der Waals surface area contributed by atoms with E-state index in [4.69, 9.17) is 21.7 Å². The highest BCUT2D eigenvalue weighted by atomic mass is 32.1. The summed E-state index contributed by atoms with van der Waals surface area (Å²) in [4.78, 5) is 4.12. The average Bonchev–Trinajstić information content (AvgIpc) is 2.99. The molecule has 24 heavy (non-hydrogen) atoms. The van der Waals surface area contributed by atoms with E-state index < -0.39 is 0 Å². The summed E-state index contributed by atoms with van der Waals surface area (Å²) in [6.45, 7) is 3.86. The molecule has 0 fully saturated rings. The first-order valence-electron chi connectivity index (χ1n) is 7.87. The van der Waals surface area contributed by atoms with Crippen LogP contribution in [0.5, 0.6) is 11.5 Å². The van der Waals surface area contributed by atoms with Crippen molar-refractivity contribution in [2.24, 2.45) is 0 Å². The van der Waals surface area contributed by atoms with Gasteiger partial charge in [-0.05, 0) is 44.1 Å². The number of hydrogen-bond donors (Lipinski definition) is 2. The molecule has 1 aromatic carbocycles. The first-order valence-corrected chi connectivity index (χ1v) is 8.28. The van der Waals surface area contributed by atoms with E-state index in [0.717, 1.165) is 31.6 Å². The summed E-state index contributed by atoms with van der Waals surface area (Å²) in [5.41, 5.74) is 2.05. The number of rotatable bonds is 8. The number of unbranched alkanes of at least 4 members (excludes halogenated alkanes) is 1. The zero-order chi connectivity index (χ0) is 17.4. The van der Waals surface area contributed by atoms with Crippen LogP contribution < -0.4 is 20.1 Å². The van der Waals surface area contributed by atoms with Crippen LogP contribution in [0.2, 0.25) is 0 Å². The molecule has 0 aliphatic heterocycles. The van der Waals surface area contributed by atoms with Crippen molar-refractivity contribution in [2.75, 3.05) is 26.1 Å². The molecule has 0 unspecified atom stereocenters. The first kappa shape index (κ1) is 18.1. The van der Waals surface area contributed by atoms with Gasteiger partial charge in [-0.25, -0.2) is 4.98 Å². The average molecular weight is 348 g/mol. The predicted octanol–water partition coefficient (Wildman–Crippen LogP) is 2.98. The van der Waals surface area contributed by atoms with Crippen LogP contribution in [0.1, 0.15) is 18.5 Å². The lowest BCUT2D eigenvalue weighted by atomic mass is 10.2. The quantitative estimate of drug-likeness (QED) is 0.565. The van der Waals surface area contributed by atoms with Crippen molar-refractivity contribution < 1.29 is 9.47 Å². The molecule has 0 spiro atoms. The van der Waals surface area contributed by atoms with Gasteiger partial charge in [-0.15, -0.1) is 0 Å². The molecule has 7 heteroatoms. The molecule has 2 N–H and O–H groups in total. The minimum absolute atomic E-state index is 0.598. The van der Waals surface area contributed by atoms with Crippen LogP contribution in [-0.4, -0.2) is 35.4 Å². The lowest BCUT2D eigenvalue weighted by Gasteiger charge is -2.13. The molecule has 0 radical (unpaired) electrons. The summed E-state index contributed by atoms with van der Waals surface area (Å²) in [5.74, 6) is 1.36. The summed E-state index contributed by atoms with van der Waals surface area (Å²) in [7, 11) is 3.22. The van der Waals surface area contributed by atoms with E-state index in [0.29, 0.717) is 16.6 Å². The maximum Gasteiger partial charge on any atom is 0.170 e. The molecule has 2 rings (SSSR count). The molecule has 6 nitrogen and oxygen atoms in total. The Morgan fingerprint density at radius 3 is 2.67 bits per heavy atom. The number of thiocarbonyl (C=S) groups is 1. The SMILES string of the molecule is COc1ccc(NC(=S)NCCCCn2cncc2C)cc1OC. The molecule has 0 atom stereocenters. The Balaban J connectivity index is 1.70. The molecule has 0 saturated carbocycles. The maximum absolute atomic E-state index is 5.32. The Bertz CT molecular complexity index is 672. The molecule has 1 aromatic heterocycles. The Hall–Kier alpha value is -2.28. The maximum atomic E-state index is 5.32. The van der Waals surface area contributed by atoms with Crippen molar-refractivity contribution in [3.63, 3.8) is 0 Å². The van der Waals surface area contributed by atoms with Crippen molar-refractivity contribution in [1.82, 2.24) is 14.9 Å². The Morgan fingerprint density at radius 1 is 1.21 bits per heavy atom. The van der Waals surface area contributed by atoms with Crippen molar-refractivity contribution in [2.45, 2.75) is 26.3 Å². The molecule has 0 aliphatic rings. The Labute approximate surface area is 148 Å². The molecule has 130 valence electrons. The fourth-order valence-electron chi connectivity index (χ4n) is 2.32. The summed E-state index contributed by atoms with van der Waals surface area (Å²) in [5, 5.41) is 6.96. The van der Waals surface area contributed by atoms with Gasteiger partial charge in [0.25, 0.3) is 0 Å². The Morgan fingerprint density at radius 2 is 2.00 bits per heavy atom. The van der Waals surface area contributed by atoms with E-state index in [9.17, 15) is 0 Å². The second-order valence-corrected chi connectivity index (χ2v) is 5.79. The van der Waals surface area contributed by atoms with E-state index in [2.05, 4.69) is 27.1 Å². The van der Waals surface area contributed by atoms with Gasteiger partial charge in [-0.3, -0.25) is 0 Å². The van der Waals surface area contributed by atoms with Crippen molar-refractivity contribution in [3.05, 3.63) is 36.4 Å². The van der Waals surface area contributed by atoms with Crippen LogP contribution in [0.15, 0.2) is 30.7 Å². The minimum atomic E-state index is 0.598. The third kappa shape index (κ3) is 5.13. The third-order valence-corrected chi connectivity index (χ3v) is 3.92. The minimum Gasteiger partial charge on any atom is -0.493 e. The van der Waals surface area contributed by atoms with Gasteiger partial charge in [0.15, 0.2) is 16.6 Å². The zero-order valence-corrected chi connectivity index (χ0v) is 15.2. The standard InChI is InChI=1S/C17H24N4O2S/c1-13-11-18-12-21(13)9-5-4-8-19-17(24)20-14-6-7-15(22-2)16(10-14)23-3/h6-7,10-12H,4-5,8-9H2,1-3H3,(H2,19,20,24). The number of methoxy groups -OCH3 is 2. The smallest absolute Gasteiger partial charge is 0.170 e. The summed E-state index contributed by atoms with van der Waals surface area (Å²) >= 11 is 5.32. The van der Waals surface area contributed by atoms with Crippen LogP contribution >= 0.6 is 12.2 Å². The number of nitrogens with one attached hydrogen (secondary N) is 2. The lowest BCUT2D eigenvalue weighted by Crippen LogP contribution is -2.29. The van der Waals surface area contributed by atoms with Crippen LogP contribution in [0.4, 0.5) is 5.69 Å². The van der Waals surface area contributed by atoms with Crippen LogP contribution in [-0.2, 0) is 6.54 Å². The number of aryl methyl sites for hydroxylation is 2. The molecular weight excluding hydrogens is 324 g/mol. The predicted molar refractivity (Wildman–Crippen MR) is 100.0 cm³/mol. The fourth-order valence-corrected chi connectivity index (χ4v) is 2.54. The van der Waals surface area contributed by atoms with Gasteiger partial charge >= 0.3 is 0 Å². The van der Waals surface area contributed by atoms with Gasteiger partial charge in [-0.2, -0.15) is 0 Å². The van der Waals surface area contributed by atoms with Gasteiger partial charge in [0, 0.05) is 36.7 Å². The van der Waals surface area contributed by atoms with Gasteiger partial charge in [0.2, 0.25) is 0 Å². The summed E-state index contributed by atoms with van der Waals surface area (Å²) in [6.07, 6.45) is 5.85. The van der Waals surface area contributed by atoms with Crippen LogP contribution in [0.3, 0.4) is 0 Å². The zero-order valence-electron chi connectivity index (χ0n) is 14.3. The molecule has 0 bridgehead atoms. The summed E-state index contributed by atoms with van der Waals surface area (Å²) < 4.78 is 12.7. The van der Waals surface area contributed by atoms with Crippen LogP contribution in [0, 0.1) is 6.92 Å². The van der Waals surface area contributed by atoms with Gasteiger partial charge in [-0.1, -0.05) is 0 Å².